The molecule has 1 saturated heterocycles. The SMILES string of the molecule is CCCCCCCCCCCCCCCCCC(=O)N1C/C(=C/c2ccccc2F)C(=O)/C(=C/c2ccccc2F)C1. The predicted octanol–water partition coefficient (Wildman–Crippen LogP) is 10.1. The molecule has 0 atom stereocenters. The Hall–Kier alpha value is -3.08. The minimum absolute atomic E-state index is 0.0314. The molecule has 0 radical (unpaired) electrons. The zero-order chi connectivity index (χ0) is 30.0. The van der Waals surface area contributed by atoms with E-state index >= 15 is 0 Å². The number of amides is 1. The van der Waals surface area contributed by atoms with Crippen molar-refractivity contribution in [3.63, 3.8) is 0 Å². The Morgan fingerprint density at radius 2 is 1.02 bits per heavy atom. The van der Waals surface area contributed by atoms with Gasteiger partial charge in [0, 0.05) is 41.8 Å². The van der Waals surface area contributed by atoms with Crippen LogP contribution in [0, 0.1) is 11.6 Å². The van der Waals surface area contributed by atoms with Crippen molar-refractivity contribution in [3.05, 3.63) is 82.4 Å². The first-order valence-electron chi connectivity index (χ1n) is 16.2. The Bertz CT molecular complexity index is 1120. The van der Waals surface area contributed by atoms with E-state index in [1.165, 1.54) is 101 Å². The van der Waals surface area contributed by atoms with Crippen molar-refractivity contribution in [1.29, 1.82) is 0 Å². The number of Topliss-reactive ketones (excluding diaryl/α,β-unsaturated/α-hetero) is 1. The van der Waals surface area contributed by atoms with Gasteiger partial charge in [0.05, 0.1) is 0 Å². The number of hydrogen-bond acceptors (Lipinski definition) is 2. The first kappa shape index (κ1) is 33.4. The van der Waals surface area contributed by atoms with Gasteiger partial charge in [-0.05, 0) is 30.7 Å². The maximum atomic E-state index is 14.4. The minimum atomic E-state index is -0.432. The topological polar surface area (TPSA) is 37.4 Å². The second-order valence-corrected chi connectivity index (χ2v) is 11.7. The highest BCUT2D eigenvalue weighted by Gasteiger charge is 2.29. The third-order valence-corrected chi connectivity index (χ3v) is 8.12. The molecule has 0 spiro atoms. The number of benzene rings is 2. The Morgan fingerprint density at radius 3 is 1.43 bits per heavy atom. The lowest BCUT2D eigenvalue weighted by Gasteiger charge is -2.30. The van der Waals surface area contributed by atoms with Gasteiger partial charge < -0.3 is 4.90 Å². The molecule has 42 heavy (non-hydrogen) atoms. The summed E-state index contributed by atoms with van der Waals surface area (Å²) in [5.41, 5.74) is 1.25. The Morgan fingerprint density at radius 1 is 0.643 bits per heavy atom. The van der Waals surface area contributed by atoms with Gasteiger partial charge in [-0.1, -0.05) is 133 Å². The van der Waals surface area contributed by atoms with Gasteiger partial charge in [0.25, 0.3) is 0 Å². The van der Waals surface area contributed by atoms with E-state index in [1.807, 2.05) is 0 Å². The van der Waals surface area contributed by atoms with Gasteiger partial charge in [0.1, 0.15) is 11.6 Å². The van der Waals surface area contributed by atoms with Gasteiger partial charge >= 0.3 is 0 Å². The molecular weight excluding hydrogens is 528 g/mol. The molecular formula is C37H49F2NO2. The standard InChI is InChI=1S/C37H49F2NO2/c1-2-3-4-5-6-7-8-9-10-11-12-13-14-15-16-25-36(41)40-28-32(26-30-21-17-19-23-34(30)38)37(42)33(29-40)27-31-22-18-20-24-35(31)39/h17-24,26-27H,2-16,25,28-29H2,1H3/b32-26-,33-27+. The number of nitrogens with zero attached hydrogens (tertiary/aromatic N) is 1. The summed E-state index contributed by atoms with van der Waals surface area (Å²) in [6.45, 7) is 2.51. The quantitative estimate of drug-likeness (QED) is 0.131. The summed E-state index contributed by atoms with van der Waals surface area (Å²) in [4.78, 5) is 28.1. The van der Waals surface area contributed by atoms with E-state index in [2.05, 4.69) is 6.92 Å². The summed E-state index contributed by atoms with van der Waals surface area (Å²) in [7, 11) is 0. The van der Waals surface area contributed by atoms with Crippen molar-refractivity contribution >= 4 is 23.8 Å². The fourth-order valence-corrected chi connectivity index (χ4v) is 5.58. The highest BCUT2D eigenvalue weighted by Crippen LogP contribution is 2.25. The lowest BCUT2D eigenvalue weighted by atomic mass is 9.93. The third-order valence-electron chi connectivity index (χ3n) is 8.12. The maximum absolute atomic E-state index is 14.4. The highest BCUT2D eigenvalue weighted by molar-refractivity contribution is 6.15. The first-order valence-corrected chi connectivity index (χ1v) is 16.2. The van der Waals surface area contributed by atoms with Crippen molar-refractivity contribution in [2.24, 2.45) is 0 Å². The number of halogens is 2. The molecule has 5 heteroatoms. The van der Waals surface area contributed by atoms with Gasteiger partial charge in [-0.25, -0.2) is 8.78 Å². The zero-order valence-electron chi connectivity index (χ0n) is 25.5. The fraction of sp³-hybridized carbons (Fsp3) is 0.514. The molecule has 3 nitrogen and oxygen atoms in total. The molecule has 0 aliphatic carbocycles. The van der Waals surface area contributed by atoms with E-state index in [9.17, 15) is 18.4 Å². The number of carbonyl (C=O) groups excluding carboxylic acids is 2. The average Bonchev–Trinajstić information content (AvgIpc) is 2.99. The van der Waals surface area contributed by atoms with Gasteiger partial charge in [-0.3, -0.25) is 9.59 Å². The lowest BCUT2D eigenvalue weighted by molar-refractivity contribution is -0.131. The van der Waals surface area contributed by atoms with E-state index in [0.29, 0.717) is 28.7 Å². The van der Waals surface area contributed by atoms with Crippen LogP contribution in [0.2, 0.25) is 0 Å². The van der Waals surface area contributed by atoms with Crippen LogP contribution in [0.5, 0.6) is 0 Å². The first-order chi connectivity index (χ1) is 20.5. The van der Waals surface area contributed by atoms with Crippen molar-refractivity contribution in [1.82, 2.24) is 4.90 Å². The average molecular weight is 578 g/mol. The molecule has 0 bridgehead atoms. The molecule has 1 fully saturated rings. The van der Waals surface area contributed by atoms with E-state index in [1.54, 1.807) is 41.3 Å². The summed E-state index contributed by atoms with van der Waals surface area (Å²) in [5.74, 6) is -1.18. The van der Waals surface area contributed by atoms with E-state index < -0.39 is 11.6 Å². The normalized spacial score (nSPS) is 15.6. The van der Waals surface area contributed by atoms with E-state index in [-0.39, 0.29) is 24.8 Å². The molecule has 2 aromatic rings. The summed E-state index contributed by atoms with van der Waals surface area (Å²) in [6.07, 6.45) is 22.4. The van der Waals surface area contributed by atoms with Crippen LogP contribution in [-0.4, -0.2) is 29.7 Å². The van der Waals surface area contributed by atoms with Gasteiger partial charge in [0.15, 0.2) is 5.78 Å². The Kier molecular flexibility index (Phi) is 15.3. The number of carbonyl (C=O) groups is 2. The van der Waals surface area contributed by atoms with Gasteiger partial charge in [0.2, 0.25) is 5.91 Å². The molecule has 0 saturated carbocycles. The van der Waals surface area contributed by atoms with Crippen molar-refractivity contribution in [2.45, 2.75) is 110 Å². The monoisotopic (exact) mass is 577 g/mol. The second kappa shape index (κ2) is 19.2. The van der Waals surface area contributed by atoms with Crippen molar-refractivity contribution in [3.8, 4) is 0 Å². The van der Waals surface area contributed by atoms with Gasteiger partial charge in [-0.2, -0.15) is 0 Å². The maximum Gasteiger partial charge on any atom is 0.223 e. The predicted molar refractivity (Wildman–Crippen MR) is 170 cm³/mol. The number of piperidine rings is 1. The number of likely N-dealkylation sites (tertiary alicyclic amines) is 1. The summed E-state index contributed by atoms with van der Waals surface area (Å²) in [6, 6.07) is 12.5. The largest absolute Gasteiger partial charge is 0.334 e. The molecule has 3 rings (SSSR count). The van der Waals surface area contributed by atoms with Crippen molar-refractivity contribution < 1.29 is 18.4 Å². The smallest absolute Gasteiger partial charge is 0.223 e. The fourth-order valence-electron chi connectivity index (χ4n) is 5.58. The van der Waals surface area contributed by atoms with E-state index in [0.717, 1.165) is 19.3 Å². The second-order valence-electron chi connectivity index (χ2n) is 11.7. The number of ketones is 1. The van der Waals surface area contributed by atoms with E-state index in [4.69, 9.17) is 0 Å². The summed E-state index contributed by atoms with van der Waals surface area (Å²) >= 11 is 0. The van der Waals surface area contributed by atoms with Crippen LogP contribution >= 0.6 is 0 Å². The molecule has 228 valence electrons. The summed E-state index contributed by atoms with van der Waals surface area (Å²) < 4.78 is 28.7. The molecule has 1 heterocycles. The molecule has 1 aliphatic rings. The molecule has 1 amide bonds. The van der Waals surface area contributed by atoms with Crippen LogP contribution in [0.3, 0.4) is 0 Å². The number of hydrogen-bond donors (Lipinski definition) is 0. The molecule has 0 N–H and O–H groups in total. The molecule has 1 aliphatic heterocycles. The minimum Gasteiger partial charge on any atom is -0.334 e. The van der Waals surface area contributed by atoms with Crippen LogP contribution in [0.4, 0.5) is 8.78 Å². The third kappa shape index (κ3) is 11.7. The highest BCUT2D eigenvalue weighted by atomic mass is 19.1. The van der Waals surface area contributed by atoms with Gasteiger partial charge in [-0.15, -0.1) is 0 Å². The van der Waals surface area contributed by atoms with Crippen LogP contribution in [0.25, 0.3) is 12.2 Å². The Balaban J connectivity index is 1.44. The summed E-state index contributed by atoms with van der Waals surface area (Å²) in [5, 5.41) is 0. The number of rotatable bonds is 18. The molecule has 2 aromatic carbocycles. The number of unbranched alkanes of at least 4 members (excludes halogenated alkanes) is 14. The van der Waals surface area contributed by atoms with Crippen LogP contribution < -0.4 is 0 Å². The lowest BCUT2D eigenvalue weighted by Crippen LogP contribution is -2.41. The Labute approximate surface area is 252 Å². The molecule has 0 unspecified atom stereocenters. The molecule has 0 aromatic heterocycles. The van der Waals surface area contributed by atoms with Crippen molar-refractivity contribution in [2.75, 3.05) is 13.1 Å². The van der Waals surface area contributed by atoms with Crippen LogP contribution in [0.15, 0.2) is 59.7 Å². The zero-order valence-corrected chi connectivity index (χ0v) is 25.5. The van der Waals surface area contributed by atoms with Crippen LogP contribution in [0.1, 0.15) is 121 Å². The van der Waals surface area contributed by atoms with Crippen LogP contribution in [-0.2, 0) is 9.59 Å².